The van der Waals surface area contributed by atoms with Gasteiger partial charge in [0.05, 0.1) is 32.2 Å². The summed E-state index contributed by atoms with van der Waals surface area (Å²) in [6, 6.07) is 35.2. The van der Waals surface area contributed by atoms with E-state index in [1.165, 1.54) is 94.2 Å². The number of hydrogen-bond donors (Lipinski definition) is 10. The first-order valence-electron chi connectivity index (χ1n) is 48.3. The summed E-state index contributed by atoms with van der Waals surface area (Å²) in [4.78, 5) is 103. The number of hydrogen-bond acceptors (Lipinski definition) is 37. The molecule has 728 valence electrons. The van der Waals surface area contributed by atoms with Crippen molar-refractivity contribution in [3.8, 4) is 0 Å². The van der Waals surface area contributed by atoms with Crippen LogP contribution in [0.5, 0.6) is 0 Å². The van der Waals surface area contributed by atoms with E-state index in [9.17, 15) is 0 Å². The number of pyridine rings is 1. The third-order valence-electron chi connectivity index (χ3n) is 24.7. The Morgan fingerprint density at radius 1 is 0.393 bits per heavy atom. The highest BCUT2D eigenvalue weighted by molar-refractivity contribution is 8.00. The average Bonchev–Trinajstić information content (AvgIpc) is 1.69. The summed E-state index contributed by atoms with van der Waals surface area (Å²) in [5.74, 6) is 14.5. The van der Waals surface area contributed by atoms with Crippen LogP contribution in [0, 0.1) is 36.5 Å². The topological polar surface area (TPSA) is 458 Å². The monoisotopic (exact) mass is 1950 g/mol. The van der Waals surface area contributed by atoms with Crippen molar-refractivity contribution in [1.29, 1.82) is 0 Å². The molecule has 7 aromatic heterocycles. The summed E-state index contributed by atoms with van der Waals surface area (Å²) in [6.07, 6.45) is 25.0. The number of nitrogens with two attached hydrogens (primary N) is 4. The first-order chi connectivity index (χ1) is 67.4. The van der Waals surface area contributed by atoms with Gasteiger partial charge in [-0.25, -0.2) is 19.9 Å². The summed E-state index contributed by atoms with van der Waals surface area (Å²) in [7, 11) is 2.14. The molecule has 140 heavy (non-hydrogen) atoms. The molecule has 0 spiro atoms. The standard InChI is InChI=1S/C24H34N10.2C20H24N6S.2C19H22N6S/c1-17-20(21(19-7-9-25-10-8-19)33-11-5-4-6-12-33)22(31-30-17)28-23-26-18(2)27-24(29-23)34-15-13-32(3)14-16-34;1-20(2,3)13-10-16(22-11-13)23-18-24-17(12-4-5-12)25-19(26-18)27-15-8-6-14(21)7-9-15;1-20(2,3)13-9-16(22-11-13)23-18-24-17(12-7-8-12)25-19(26-18)27-15-6-4-5-14(21)10-15;1-11(2)13-9-16(21-10-13)22-18-23-17(12-3-4-12)24-19(25-18)26-15-7-5-14(20)6-8-15;1-11(2)13-8-16(21-10-13)22-18-23-17(12-6-7-12)24-19(25-18)26-15-5-3-4-14(20)9-15/h7-10,21H,4-6,11-16H2,1-3H3,(H2,26,27,28,29,30,31);6-10,12H,4-5,11,21H2,1-3H3,(H,22,23,24,25,26);4-6,9-10,12H,7-8,11,21H2,1-3H3,(H,22,23,24,25,26);5-9,11-12H,3-4,10,20H2,1-2H3,(H,21,22,23,24,25);3-5,8-9,11-12H,6-7,10,20H2,1-2H3,(H,21,22,23,24,25). The number of aliphatic imine (C=N–C) groups is 4. The van der Waals surface area contributed by atoms with Crippen LogP contribution < -0.4 is 54.4 Å². The van der Waals surface area contributed by atoms with E-state index in [0.29, 0.717) is 91.7 Å². The summed E-state index contributed by atoms with van der Waals surface area (Å²) in [6.45, 7) is 34.8. The zero-order chi connectivity index (χ0) is 97.7. The van der Waals surface area contributed by atoms with E-state index in [0.717, 1.165) is 229 Å². The number of likely N-dealkylation sites (tertiary alicyclic amines) is 1. The van der Waals surface area contributed by atoms with E-state index < -0.39 is 0 Å². The van der Waals surface area contributed by atoms with Crippen molar-refractivity contribution < 1.29 is 0 Å². The summed E-state index contributed by atoms with van der Waals surface area (Å²) in [5.41, 5.74) is 35.1. The maximum atomic E-state index is 5.89. The number of nitrogens with zero attached hydrogens (tertiary/aromatic N) is 24. The molecule has 10 aliphatic rings. The van der Waals surface area contributed by atoms with Gasteiger partial charge in [0.2, 0.25) is 35.7 Å². The number of aromatic amines is 1. The lowest BCUT2D eigenvalue weighted by Crippen LogP contribution is -2.45. The molecule has 0 radical (unpaired) electrons. The van der Waals surface area contributed by atoms with E-state index in [1.54, 1.807) is 0 Å². The minimum Gasteiger partial charge on any atom is -0.399 e. The van der Waals surface area contributed by atoms with Crippen LogP contribution in [0.15, 0.2) is 228 Å². The molecule has 4 saturated carbocycles. The van der Waals surface area contributed by atoms with E-state index in [2.05, 4.69) is 266 Å². The van der Waals surface area contributed by atoms with Crippen LogP contribution in [0.4, 0.5) is 64.3 Å². The predicted octanol–water partition coefficient (Wildman–Crippen LogP) is 19.0. The van der Waals surface area contributed by atoms with Crippen molar-refractivity contribution in [2.75, 3.05) is 127 Å². The predicted molar refractivity (Wildman–Crippen MR) is 564 cm³/mol. The second-order valence-electron chi connectivity index (χ2n) is 39.2. The molecule has 13 heterocycles. The van der Waals surface area contributed by atoms with Gasteiger partial charge in [0.25, 0.3) is 0 Å². The maximum absolute atomic E-state index is 5.89. The largest absolute Gasteiger partial charge is 0.399 e. The van der Waals surface area contributed by atoms with Gasteiger partial charge in [-0.3, -0.25) is 35.0 Å². The van der Waals surface area contributed by atoms with Crippen LogP contribution in [0.3, 0.4) is 0 Å². The van der Waals surface area contributed by atoms with Gasteiger partial charge in [-0.05, 0) is 317 Å². The number of nitrogens with one attached hydrogen (secondary N) is 6. The van der Waals surface area contributed by atoms with E-state index in [1.807, 2.05) is 116 Å². The molecule has 38 heteroatoms. The van der Waals surface area contributed by atoms with E-state index in [4.69, 9.17) is 27.9 Å². The number of benzene rings is 4. The SMILES string of the molecule is CC(C)(C)C1=CC(Nc2nc(Sc3ccc(N)cc3)nc(C3CC3)n2)=NC1.CC(C)(C)C1=CC(Nc2nc(Sc3cccc(N)c3)nc(C3CC3)n2)=NC1.CC(C)C1=CC(Nc2nc(Sc3ccc(N)cc3)nc(C3CC3)n2)=NC1.CC(C)C1=CC(Nc2nc(Sc3cccc(N)c3)nc(C3CC3)n2)=NC1.Cc1nc(Nc2n[nH]c(C)c2C(c2ccncc2)N2CCCCC2)nc(N2CCN(C)CC2)n1. The van der Waals surface area contributed by atoms with E-state index >= 15 is 0 Å². The average molecular weight is 1960 g/mol. The second kappa shape index (κ2) is 44.8. The first kappa shape index (κ1) is 98.8. The summed E-state index contributed by atoms with van der Waals surface area (Å²) >= 11 is 6.04. The molecule has 21 rings (SSSR count). The fourth-order valence-corrected chi connectivity index (χ4v) is 18.8. The van der Waals surface area contributed by atoms with Crippen molar-refractivity contribution in [3.05, 3.63) is 214 Å². The van der Waals surface area contributed by atoms with Crippen LogP contribution >= 0.6 is 47.0 Å². The lowest BCUT2D eigenvalue weighted by Gasteiger charge is -2.35. The van der Waals surface area contributed by atoms with Crippen LogP contribution in [-0.4, -0.2) is 196 Å². The number of nitrogen functional groups attached to an aromatic ring is 4. The van der Waals surface area contributed by atoms with Crippen molar-refractivity contribution in [1.82, 2.24) is 99.7 Å². The highest BCUT2D eigenvalue weighted by atomic mass is 32.2. The van der Waals surface area contributed by atoms with Gasteiger partial charge in [0.1, 0.15) is 52.5 Å². The van der Waals surface area contributed by atoms with Crippen LogP contribution in [-0.2, 0) is 0 Å². The molecule has 14 N–H and O–H groups in total. The fraction of sp³-hybridized carbons (Fsp3) is 0.422. The van der Waals surface area contributed by atoms with Gasteiger partial charge in [-0.1, -0.05) is 87.8 Å². The molecule has 6 aliphatic heterocycles. The minimum atomic E-state index is 0.0876. The maximum Gasteiger partial charge on any atom is 0.233 e. The highest BCUT2D eigenvalue weighted by Crippen LogP contribution is 2.45. The lowest BCUT2D eigenvalue weighted by atomic mass is 9.87. The Bertz CT molecular complexity index is 6470. The Morgan fingerprint density at radius 2 is 0.779 bits per heavy atom. The number of aryl methyl sites for hydroxylation is 2. The zero-order valence-electron chi connectivity index (χ0n) is 81.9. The first-order valence-corrected chi connectivity index (χ1v) is 51.6. The number of H-pyrrole nitrogens is 1. The molecule has 0 bridgehead atoms. The number of aromatic nitrogens is 18. The number of piperazine rings is 1. The number of rotatable bonds is 24. The molecule has 1 unspecified atom stereocenters. The van der Waals surface area contributed by atoms with Gasteiger partial charge in [-0.15, -0.1) is 0 Å². The zero-order valence-corrected chi connectivity index (χ0v) is 85.2. The number of piperidine rings is 1. The molecular weight excluding hydrogens is 1830 g/mol. The third-order valence-corrected chi connectivity index (χ3v) is 28.2. The minimum absolute atomic E-state index is 0.0876. The Hall–Kier alpha value is -12.8. The van der Waals surface area contributed by atoms with Gasteiger partial charge in [-0.2, -0.15) is 59.9 Å². The molecular formula is C102H126N34S4. The van der Waals surface area contributed by atoms with Crippen LogP contribution in [0.1, 0.15) is 216 Å². The quantitative estimate of drug-likeness (QED) is 0.0251. The normalized spacial score (nSPS) is 17.2. The Kier molecular flexibility index (Phi) is 31.6. The second-order valence-corrected chi connectivity index (χ2v) is 43.4. The molecule has 4 aromatic carbocycles. The molecule has 4 aliphatic carbocycles. The number of likely N-dealkylation sites (N-methyl/N-ethyl adjacent to an activating group) is 1. The van der Waals surface area contributed by atoms with Gasteiger partial charge in [0, 0.05) is 116 Å². The third kappa shape index (κ3) is 28.1. The Balaban J connectivity index is 0.000000121. The molecule has 0 amide bonds. The number of anilines is 11. The summed E-state index contributed by atoms with van der Waals surface area (Å²) in [5, 5.41) is 27.1. The van der Waals surface area contributed by atoms with Crippen molar-refractivity contribution in [2.45, 2.75) is 224 Å². The fourth-order valence-electron chi connectivity index (χ4n) is 15.7. The lowest BCUT2D eigenvalue weighted by molar-refractivity contribution is 0.187. The number of amidine groups is 4. The smallest absolute Gasteiger partial charge is 0.233 e. The Morgan fingerprint density at radius 3 is 1.15 bits per heavy atom. The Labute approximate surface area is 836 Å². The summed E-state index contributed by atoms with van der Waals surface area (Å²) < 4.78 is 0. The van der Waals surface area contributed by atoms with Crippen LogP contribution in [0.2, 0.25) is 0 Å². The molecule has 11 aromatic rings. The van der Waals surface area contributed by atoms with Crippen molar-refractivity contribution >= 4 is 135 Å². The van der Waals surface area contributed by atoms with Gasteiger partial charge in [0.15, 0.2) is 26.4 Å². The van der Waals surface area contributed by atoms with Gasteiger partial charge >= 0.3 is 0 Å². The van der Waals surface area contributed by atoms with Crippen LogP contribution in [0.25, 0.3) is 0 Å². The molecule has 34 nitrogen and oxygen atoms in total. The van der Waals surface area contributed by atoms with Crippen molar-refractivity contribution in [2.24, 2.45) is 42.6 Å². The van der Waals surface area contributed by atoms with Gasteiger partial charge < -0.3 is 59.3 Å². The molecule has 6 fully saturated rings. The molecule has 1 atom stereocenters. The molecule has 2 saturated heterocycles. The van der Waals surface area contributed by atoms with Crippen molar-refractivity contribution in [3.63, 3.8) is 0 Å². The highest BCUT2D eigenvalue weighted by Gasteiger charge is 2.36. The van der Waals surface area contributed by atoms with E-state index in [-0.39, 0.29) is 16.9 Å².